The number of nitrogens with zero attached hydrogens (tertiary/aromatic N) is 3. The van der Waals surface area contributed by atoms with Crippen LogP contribution in [0.5, 0.6) is 0 Å². The number of rotatable bonds is 4. The maximum atomic E-state index is 14.3. The molecule has 1 N–H and O–H groups in total. The Morgan fingerprint density at radius 1 is 1.29 bits per heavy atom. The topological polar surface area (TPSA) is 88.7 Å². The minimum absolute atomic E-state index is 0.0752. The predicted octanol–water partition coefficient (Wildman–Crippen LogP) is 2.48. The van der Waals surface area contributed by atoms with Gasteiger partial charge in [-0.25, -0.2) is 17.5 Å². The third-order valence-corrected chi connectivity index (χ3v) is 6.77. The molecule has 4 rings (SSSR count). The molecule has 1 aromatic carbocycles. The van der Waals surface area contributed by atoms with Crippen molar-refractivity contribution in [3.05, 3.63) is 41.7 Å². The van der Waals surface area contributed by atoms with Crippen LogP contribution in [0.4, 0.5) is 4.39 Å². The molecule has 2 aliphatic rings. The van der Waals surface area contributed by atoms with Crippen LogP contribution in [-0.4, -0.2) is 34.1 Å². The van der Waals surface area contributed by atoms with Crippen molar-refractivity contribution in [1.82, 2.24) is 14.8 Å². The number of hydrogen-bond acceptors (Lipinski definition) is 5. The minimum atomic E-state index is -3.72. The number of benzene rings is 1. The van der Waals surface area contributed by atoms with Crippen molar-refractivity contribution in [2.24, 2.45) is 5.92 Å². The van der Waals surface area contributed by atoms with Gasteiger partial charge in [0.1, 0.15) is 0 Å². The molecule has 1 saturated carbocycles. The summed E-state index contributed by atoms with van der Waals surface area (Å²) in [5.41, 5.74) is 1.23. The molecule has 126 valence electrons. The Hall–Kier alpha value is -2.09. The molecular formula is C16H17FN4O2S. The van der Waals surface area contributed by atoms with E-state index in [-0.39, 0.29) is 29.4 Å². The van der Waals surface area contributed by atoms with Crippen molar-refractivity contribution in [2.45, 2.75) is 42.4 Å². The van der Waals surface area contributed by atoms with E-state index < -0.39 is 21.3 Å². The predicted molar refractivity (Wildman–Crippen MR) is 85.6 cm³/mol. The number of fused-ring (bicyclic) bond motifs is 1. The Balaban J connectivity index is 1.70. The average Bonchev–Trinajstić information content (AvgIpc) is 3.17. The quantitative estimate of drug-likeness (QED) is 0.860. The highest BCUT2D eigenvalue weighted by Crippen LogP contribution is 2.43. The highest BCUT2D eigenvalue weighted by molar-refractivity contribution is 7.92. The van der Waals surface area contributed by atoms with Gasteiger partial charge >= 0.3 is 0 Å². The number of halogens is 1. The molecular weight excluding hydrogens is 331 g/mol. The van der Waals surface area contributed by atoms with Crippen LogP contribution < -0.4 is 0 Å². The Morgan fingerprint density at radius 3 is 2.62 bits per heavy atom. The fraction of sp³-hybridized carbons (Fsp3) is 0.438. The van der Waals surface area contributed by atoms with Crippen LogP contribution in [0.15, 0.2) is 35.5 Å². The molecule has 0 amide bonds. The first-order valence-corrected chi connectivity index (χ1v) is 9.38. The van der Waals surface area contributed by atoms with E-state index in [1.807, 2.05) is 30.3 Å². The molecule has 0 spiro atoms. The van der Waals surface area contributed by atoms with Gasteiger partial charge in [0.15, 0.2) is 12.0 Å². The van der Waals surface area contributed by atoms with E-state index in [1.165, 1.54) is 4.68 Å². The van der Waals surface area contributed by atoms with E-state index in [0.29, 0.717) is 12.1 Å². The zero-order chi connectivity index (χ0) is 17.1. The molecule has 0 unspecified atom stereocenters. The summed E-state index contributed by atoms with van der Waals surface area (Å²) in [5, 5.41) is 10.8. The molecule has 1 aliphatic carbocycles. The first kappa shape index (κ1) is 15.4. The average molecular weight is 348 g/mol. The van der Waals surface area contributed by atoms with Crippen molar-refractivity contribution in [1.29, 1.82) is 5.41 Å². The number of sulfone groups is 1. The van der Waals surface area contributed by atoms with Gasteiger partial charge in [-0.15, -0.1) is 5.10 Å². The summed E-state index contributed by atoms with van der Waals surface area (Å²) < 4.78 is 40.9. The molecule has 2 aromatic rings. The largest absolute Gasteiger partial charge is 0.310 e. The summed E-state index contributed by atoms with van der Waals surface area (Å²) in [4.78, 5) is 3.99. The summed E-state index contributed by atoms with van der Waals surface area (Å²) in [6.45, 7) is 1.60. The molecule has 0 radical (unpaired) electrons. The van der Waals surface area contributed by atoms with Crippen LogP contribution in [0, 0.1) is 11.3 Å². The van der Waals surface area contributed by atoms with Crippen molar-refractivity contribution < 1.29 is 12.8 Å². The third-order valence-electron chi connectivity index (χ3n) is 4.77. The SMILES string of the molecule is CC(=N)[C@@H]1C[C@H]1S(=O)(=O)c1nc2n(n1)[C@H](c1ccccc1)C[C@@H]2F. The number of aromatic nitrogens is 3. The van der Waals surface area contributed by atoms with Crippen LogP contribution in [0.3, 0.4) is 0 Å². The molecule has 0 saturated heterocycles. The fourth-order valence-electron chi connectivity index (χ4n) is 3.34. The highest BCUT2D eigenvalue weighted by Gasteiger charge is 2.51. The molecule has 4 atom stereocenters. The minimum Gasteiger partial charge on any atom is -0.310 e. The van der Waals surface area contributed by atoms with Gasteiger partial charge in [-0.2, -0.15) is 4.98 Å². The fourth-order valence-corrected chi connectivity index (χ4v) is 5.13. The van der Waals surface area contributed by atoms with Gasteiger partial charge in [-0.05, 0) is 18.9 Å². The monoisotopic (exact) mass is 348 g/mol. The maximum absolute atomic E-state index is 14.3. The van der Waals surface area contributed by atoms with Crippen molar-refractivity contribution in [3.63, 3.8) is 0 Å². The van der Waals surface area contributed by atoms with Gasteiger partial charge in [0.25, 0.3) is 5.16 Å². The number of hydrogen-bond donors (Lipinski definition) is 1. The van der Waals surface area contributed by atoms with Gasteiger partial charge in [-0.1, -0.05) is 30.3 Å². The summed E-state index contributed by atoms with van der Waals surface area (Å²) >= 11 is 0. The molecule has 2 heterocycles. The van der Waals surface area contributed by atoms with Crippen molar-refractivity contribution >= 4 is 15.5 Å². The van der Waals surface area contributed by atoms with Gasteiger partial charge in [0, 0.05) is 18.1 Å². The molecule has 8 heteroatoms. The van der Waals surface area contributed by atoms with Crippen LogP contribution in [0.1, 0.15) is 43.4 Å². The number of alkyl halides is 1. The van der Waals surface area contributed by atoms with Crippen LogP contribution in [0.25, 0.3) is 0 Å². The standard InChI is InChI=1S/C16H17FN4O2S/c1-9(18)11-7-14(11)24(22,23)16-19-15-12(17)8-13(21(15)20-16)10-5-3-2-4-6-10/h2-6,11-14,18H,7-8H2,1H3/t11-,12-,13-,14+/m0/s1. The lowest BCUT2D eigenvalue weighted by atomic mass is 10.0. The zero-order valence-electron chi connectivity index (χ0n) is 13.1. The summed E-state index contributed by atoms with van der Waals surface area (Å²) in [6, 6.07) is 8.99. The summed E-state index contributed by atoms with van der Waals surface area (Å²) in [5.74, 6) is -0.189. The molecule has 1 fully saturated rings. The summed E-state index contributed by atoms with van der Waals surface area (Å²) in [6.07, 6.45) is -0.695. The zero-order valence-corrected chi connectivity index (χ0v) is 13.9. The van der Waals surface area contributed by atoms with Gasteiger partial charge in [-0.3, -0.25) is 0 Å². The molecule has 6 nitrogen and oxygen atoms in total. The molecule has 1 aromatic heterocycles. The van der Waals surface area contributed by atoms with Crippen LogP contribution in [-0.2, 0) is 9.84 Å². The van der Waals surface area contributed by atoms with E-state index in [0.717, 1.165) is 5.56 Å². The van der Waals surface area contributed by atoms with Gasteiger partial charge in [0.2, 0.25) is 9.84 Å². The van der Waals surface area contributed by atoms with Crippen molar-refractivity contribution in [2.75, 3.05) is 0 Å². The van der Waals surface area contributed by atoms with Crippen LogP contribution in [0.2, 0.25) is 0 Å². The molecule has 1 aliphatic heterocycles. The Morgan fingerprint density at radius 2 is 2.00 bits per heavy atom. The van der Waals surface area contributed by atoms with E-state index in [4.69, 9.17) is 5.41 Å². The van der Waals surface area contributed by atoms with E-state index in [9.17, 15) is 12.8 Å². The third kappa shape index (κ3) is 2.28. The van der Waals surface area contributed by atoms with Gasteiger partial charge < -0.3 is 5.41 Å². The first-order chi connectivity index (χ1) is 11.4. The molecule has 0 bridgehead atoms. The second-order valence-electron chi connectivity index (χ2n) is 6.44. The van der Waals surface area contributed by atoms with Gasteiger partial charge in [0.05, 0.1) is 11.3 Å². The lowest BCUT2D eigenvalue weighted by Crippen LogP contribution is -2.15. The second kappa shape index (κ2) is 5.20. The molecule has 24 heavy (non-hydrogen) atoms. The normalized spacial score (nSPS) is 28.6. The highest BCUT2D eigenvalue weighted by atomic mass is 32.2. The lowest BCUT2D eigenvalue weighted by molar-refractivity contribution is 0.326. The second-order valence-corrected chi connectivity index (χ2v) is 8.50. The Labute approximate surface area is 139 Å². The summed E-state index contributed by atoms with van der Waals surface area (Å²) in [7, 11) is -3.72. The maximum Gasteiger partial charge on any atom is 0.267 e. The first-order valence-electron chi connectivity index (χ1n) is 7.84. The van der Waals surface area contributed by atoms with E-state index >= 15 is 0 Å². The number of nitrogens with one attached hydrogen (secondary N) is 1. The Bertz CT molecular complexity index is 909. The lowest BCUT2D eigenvalue weighted by Gasteiger charge is -2.11. The van der Waals surface area contributed by atoms with Crippen LogP contribution >= 0.6 is 0 Å². The van der Waals surface area contributed by atoms with Crippen molar-refractivity contribution in [3.8, 4) is 0 Å². The van der Waals surface area contributed by atoms with E-state index in [1.54, 1.807) is 6.92 Å². The Kier molecular flexibility index (Phi) is 3.35. The smallest absolute Gasteiger partial charge is 0.267 e. The van der Waals surface area contributed by atoms with E-state index in [2.05, 4.69) is 10.1 Å².